The lowest BCUT2D eigenvalue weighted by molar-refractivity contribution is -0.122. The molecule has 2 N–H and O–H groups in total. The summed E-state index contributed by atoms with van der Waals surface area (Å²) < 4.78 is 0. The summed E-state index contributed by atoms with van der Waals surface area (Å²) in [6.45, 7) is 0.309. The molecule has 3 heteroatoms. The van der Waals surface area contributed by atoms with Crippen LogP contribution < -0.4 is 5.32 Å². The van der Waals surface area contributed by atoms with Crippen LogP contribution in [-0.4, -0.2) is 17.6 Å². The summed E-state index contributed by atoms with van der Waals surface area (Å²) in [4.78, 5) is 12.0. The van der Waals surface area contributed by atoms with Crippen molar-refractivity contribution in [3.05, 3.63) is 35.9 Å². The van der Waals surface area contributed by atoms with Gasteiger partial charge in [-0.3, -0.25) is 4.79 Å². The van der Waals surface area contributed by atoms with Crippen molar-refractivity contribution in [1.82, 2.24) is 5.32 Å². The fraction of sp³-hybridized carbons (Fsp3) is 0.588. The first-order valence-corrected chi connectivity index (χ1v) is 7.72. The molecule has 2 saturated carbocycles. The van der Waals surface area contributed by atoms with E-state index in [9.17, 15) is 9.90 Å². The van der Waals surface area contributed by atoms with E-state index >= 15 is 0 Å². The first-order valence-electron chi connectivity index (χ1n) is 7.72. The molecule has 3 rings (SSSR count). The average molecular weight is 273 g/mol. The van der Waals surface area contributed by atoms with E-state index in [1.165, 1.54) is 25.7 Å². The Morgan fingerprint density at radius 2 is 2.05 bits per heavy atom. The summed E-state index contributed by atoms with van der Waals surface area (Å²) in [5.41, 5.74) is 0.854. The Morgan fingerprint density at radius 3 is 2.70 bits per heavy atom. The quantitative estimate of drug-likeness (QED) is 0.866. The molecule has 1 amide bonds. The molecule has 0 heterocycles. The van der Waals surface area contributed by atoms with Crippen LogP contribution in [-0.2, 0) is 4.79 Å². The molecule has 4 atom stereocenters. The van der Waals surface area contributed by atoms with Crippen LogP contribution in [0.15, 0.2) is 30.3 Å². The van der Waals surface area contributed by atoms with Crippen molar-refractivity contribution in [2.24, 2.45) is 17.8 Å². The van der Waals surface area contributed by atoms with E-state index in [0.717, 1.165) is 17.4 Å². The molecule has 2 aliphatic carbocycles. The van der Waals surface area contributed by atoms with Crippen molar-refractivity contribution in [3.8, 4) is 0 Å². The predicted octanol–water partition coefficient (Wildman–Crippen LogP) is 2.66. The van der Waals surface area contributed by atoms with Crippen LogP contribution in [0.3, 0.4) is 0 Å². The zero-order valence-electron chi connectivity index (χ0n) is 11.8. The van der Waals surface area contributed by atoms with E-state index in [4.69, 9.17) is 0 Å². The molecule has 2 aliphatic rings. The van der Waals surface area contributed by atoms with Crippen LogP contribution >= 0.6 is 0 Å². The molecule has 0 saturated heterocycles. The van der Waals surface area contributed by atoms with Crippen molar-refractivity contribution in [1.29, 1.82) is 0 Å². The maximum absolute atomic E-state index is 12.0. The zero-order chi connectivity index (χ0) is 13.9. The highest BCUT2D eigenvalue weighted by Gasteiger charge is 2.40. The Hall–Kier alpha value is -1.35. The van der Waals surface area contributed by atoms with Gasteiger partial charge in [-0.05, 0) is 42.6 Å². The Labute approximate surface area is 120 Å². The molecule has 1 aromatic carbocycles. The smallest absolute Gasteiger partial charge is 0.220 e. The Kier molecular flexibility index (Phi) is 4.06. The van der Waals surface area contributed by atoms with Crippen molar-refractivity contribution in [3.63, 3.8) is 0 Å². The molecule has 108 valence electrons. The van der Waals surface area contributed by atoms with Gasteiger partial charge in [-0.15, -0.1) is 0 Å². The first kappa shape index (κ1) is 13.6. The highest BCUT2D eigenvalue weighted by molar-refractivity contribution is 5.76. The molecule has 0 radical (unpaired) electrons. The number of carbonyl (C=O) groups is 1. The Balaban J connectivity index is 1.43. The van der Waals surface area contributed by atoms with Gasteiger partial charge < -0.3 is 10.4 Å². The lowest BCUT2D eigenvalue weighted by Crippen LogP contribution is -2.30. The van der Waals surface area contributed by atoms with E-state index < -0.39 is 6.10 Å². The highest BCUT2D eigenvalue weighted by Crippen LogP contribution is 2.49. The van der Waals surface area contributed by atoms with Gasteiger partial charge in [-0.2, -0.15) is 0 Å². The third-order valence-corrected chi connectivity index (χ3v) is 5.01. The number of hydrogen-bond acceptors (Lipinski definition) is 2. The summed E-state index contributed by atoms with van der Waals surface area (Å²) in [7, 11) is 0. The number of aliphatic hydroxyl groups excluding tert-OH is 1. The lowest BCUT2D eigenvalue weighted by atomic mass is 9.86. The second-order valence-corrected chi connectivity index (χ2v) is 6.37. The molecule has 0 unspecified atom stereocenters. The number of carbonyl (C=O) groups excluding carboxylic acids is 1. The minimum Gasteiger partial charge on any atom is -0.387 e. The van der Waals surface area contributed by atoms with E-state index in [-0.39, 0.29) is 5.91 Å². The van der Waals surface area contributed by atoms with Gasteiger partial charge in [0.15, 0.2) is 0 Å². The average Bonchev–Trinajstić information content (AvgIpc) is 3.08. The van der Waals surface area contributed by atoms with E-state index in [1.54, 1.807) is 0 Å². The van der Waals surface area contributed by atoms with Crippen LogP contribution in [0.1, 0.15) is 43.8 Å². The van der Waals surface area contributed by atoms with E-state index in [1.807, 2.05) is 30.3 Å². The first-order chi connectivity index (χ1) is 9.72. The van der Waals surface area contributed by atoms with Crippen LogP contribution in [0, 0.1) is 17.8 Å². The normalized spacial score (nSPS) is 29.4. The number of benzene rings is 1. The molecular weight excluding hydrogens is 250 g/mol. The minimum atomic E-state index is -0.611. The van der Waals surface area contributed by atoms with E-state index in [0.29, 0.717) is 18.9 Å². The molecule has 2 fully saturated rings. The molecule has 1 aromatic rings. The highest BCUT2D eigenvalue weighted by atomic mass is 16.3. The van der Waals surface area contributed by atoms with Crippen LogP contribution in [0.5, 0.6) is 0 Å². The molecule has 0 spiro atoms. The number of nitrogens with one attached hydrogen (secondary N) is 1. The number of hydrogen-bond donors (Lipinski definition) is 2. The Bertz CT molecular complexity index is 459. The number of aliphatic hydroxyl groups is 1. The fourth-order valence-electron chi connectivity index (χ4n) is 3.94. The maximum atomic E-state index is 12.0. The molecular formula is C17H23NO2. The third-order valence-electron chi connectivity index (χ3n) is 5.01. The number of fused-ring (bicyclic) bond motifs is 2. The largest absolute Gasteiger partial charge is 0.387 e. The lowest BCUT2D eigenvalue weighted by Gasteiger charge is -2.21. The SMILES string of the molecule is O=C(C[C@@H]1C[C@H]2CC[C@H]1C2)NC[C@@H](O)c1ccccc1. The van der Waals surface area contributed by atoms with Crippen LogP contribution in [0.25, 0.3) is 0 Å². The molecule has 3 nitrogen and oxygen atoms in total. The minimum absolute atomic E-state index is 0.0949. The monoisotopic (exact) mass is 273 g/mol. The topological polar surface area (TPSA) is 49.3 Å². The van der Waals surface area contributed by atoms with Crippen molar-refractivity contribution in [2.75, 3.05) is 6.54 Å². The number of amides is 1. The van der Waals surface area contributed by atoms with Crippen molar-refractivity contribution in [2.45, 2.75) is 38.2 Å². The van der Waals surface area contributed by atoms with Gasteiger partial charge in [0.25, 0.3) is 0 Å². The molecule has 2 bridgehead atoms. The number of rotatable bonds is 5. The molecule has 0 aliphatic heterocycles. The zero-order valence-corrected chi connectivity index (χ0v) is 11.8. The van der Waals surface area contributed by atoms with Gasteiger partial charge in [0.1, 0.15) is 0 Å². The van der Waals surface area contributed by atoms with Crippen LogP contribution in [0.4, 0.5) is 0 Å². The summed E-state index contributed by atoms with van der Waals surface area (Å²) in [6.07, 6.45) is 5.29. The van der Waals surface area contributed by atoms with E-state index in [2.05, 4.69) is 5.32 Å². The summed E-state index contributed by atoms with van der Waals surface area (Å²) in [5, 5.41) is 12.9. The maximum Gasteiger partial charge on any atom is 0.220 e. The van der Waals surface area contributed by atoms with Gasteiger partial charge in [0, 0.05) is 13.0 Å². The fourth-order valence-corrected chi connectivity index (χ4v) is 3.94. The predicted molar refractivity (Wildman–Crippen MR) is 78.0 cm³/mol. The van der Waals surface area contributed by atoms with Gasteiger partial charge in [-0.25, -0.2) is 0 Å². The third kappa shape index (κ3) is 3.04. The van der Waals surface area contributed by atoms with Crippen molar-refractivity contribution < 1.29 is 9.90 Å². The van der Waals surface area contributed by atoms with Gasteiger partial charge >= 0.3 is 0 Å². The summed E-state index contributed by atoms with van der Waals surface area (Å²) in [6, 6.07) is 9.48. The summed E-state index contributed by atoms with van der Waals surface area (Å²) >= 11 is 0. The van der Waals surface area contributed by atoms with Gasteiger partial charge in [0.05, 0.1) is 6.10 Å². The van der Waals surface area contributed by atoms with Crippen LogP contribution in [0.2, 0.25) is 0 Å². The summed E-state index contributed by atoms with van der Waals surface area (Å²) in [5.74, 6) is 2.35. The van der Waals surface area contributed by atoms with Gasteiger partial charge in [0.2, 0.25) is 5.91 Å². The second kappa shape index (κ2) is 5.96. The molecule has 20 heavy (non-hydrogen) atoms. The molecule has 0 aromatic heterocycles. The van der Waals surface area contributed by atoms with Gasteiger partial charge in [-0.1, -0.05) is 36.8 Å². The van der Waals surface area contributed by atoms with Crippen molar-refractivity contribution >= 4 is 5.91 Å². The standard InChI is InChI=1S/C17H23NO2/c19-16(13-4-2-1-3-5-13)11-18-17(20)10-15-9-12-6-7-14(15)8-12/h1-5,12,14-16,19H,6-11H2,(H,18,20)/t12-,14-,15-,16+/m0/s1. The second-order valence-electron chi connectivity index (χ2n) is 6.37. The Morgan fingerprint density at radius 1 is 1.25 bits per heavy atom.